The molecule has 1 aromatic carbocycles. The van der Waals surface area contributed by atoms with Crippen LogP contribution in [0.3, 0.4) is 0 Å². The zero-order chi connectivity index (χ0) is 20.8. The molecule has 1 saturated carbocycles. The van der Waals surface area contributed by atoms with Gasteiger partial charge in [0.1, 0.15) is 6.04 Å². The van der Waals surface area contributed by atoms with E-state index < -0.39 is 6.04 Å². The average molecular weight is 412 g/mol. The average Bonchev–Trinajstić information content (AvgIpc) is 3.03. The van der Waals surface area contributed by atoms with Crippen LogP contribution >= 0.6 is 0 Å². The number of hydrogen-bond donors (Lipinski definition) is 3. The lowest BCUT2D eigenvalue weighted by atomic mass is 9.73. The fourth-order valence-corrected chi connectivity index (χ4v) is 5.66. The number of amides is 3. The molecule has 0 radical (unpaired) electrons. The van der Waals surface area contributed by atoms with Crippen molar-refractivity contribution >= 4 is 17.7 Å². The summed E-state index contributed by atoms with van der Waals surface area (Å²) in [6.07, 6.45) is 2.57. The van der Waals surface area contributed by atoms with Gasteiger partial charge in [-0.25, -0.2) is 0 Å². The zero-order valence-corrected chi connectivity index (χ0v) is 16.9. The third-order valence-corrected chi connectivity index (χ3v) is 7.06. The summed E-state index contributed by atoms with van der Waals surface area (Å²) >= 11 is 0. The van der Waals surface area contributed by atoms with Crippen molar-refractivity contribution in [2.75, 3.05) is 13.2 Å². The molecule has 0 spiro atoms. The summed E-state index contributed by atoms with van der Waals surface area (Å²) in [5.41, 5.74) is 8.81. The van der Waals surface area contributed by atoms with Crippen LogP contribution in [0.2, 0.25) is 0 Å². The number of ether oxygens (including phenoxy) is 1. The molecular weight excluding hydrogens is 384 g/mol. The Morgan fingerprint density at radius 3 is 2.67 bits per heavy atom. The highest BCUT2D eigenvalue weighted by atomic mass is 16.5. The minimum atomic E-state index is -0.584. The van der Waals surface area contributed by atoms with Crippen LogP contribution in [-0.2, 0) is 27.4 Å². The Labute approximate surface area is 175 Å². The Balaban J connectivity index is 1.32. The monoisotopic (exact) mass is 412 g/mol. The van der Waals surface area contributed by atoms with Gasteiger partial charge in [-0.3, -0.25) is 19.7 Å². The summed E-state index contributed by atoms with van der Waals surface area (Å²) in [6.45, 7) is 2.48. The Kier molecular flexibility index (Phi) is 5.08. The Hall–Kier alpha value is -2.29. The van der Waals surface area contributed by atoms with Crippen LogP contribution in [0, 0.1) is 11.8 Å². The van der Waals surface area contributed by atoms with Gasteiger partial charge in [0.05, 0.1) is 13.2 Å². The molecule has 3 atom stereocenters. The van der Waals surface area contributed by atoms with Gasteiger partial charge in [-0.2, -0.15) is 0 Å². The standard InChI is InChI=1S/C22H28N4O4/c23-16-6-14-10-30-11-15(7-16)20(14)24-8-12-2-1-3-13-9-26(22(29)19(12)13)17-4-5-18(27)25-21(17)28/h1-3,14-17,20,24H,4-11,23H2,(H,25,27,28). The van der Waals surface area contributed by atoms with E-state index in [1.807, 2.05) is 18.2 Å². The van der Waals surface area contributed by atoms with E-state index in [-0.39, 0.29) is 30.2 Å². The lowest BCUT2D eigenvalue weighted by molar-refractivity contribution is -0.136. The summed E-state index contributed by atoms with van der Waals surface area (Å²) in [6, 6.07) is 5.91. The first-order chi connectivity index (χ1) is 14.5. The molecule has 2 saturated heterocycles. The van der Waals surface area contributed by atoms with Crippen molar-refractivity contribution < 1.29 is 19.1 Å². The van der Waals surface area contributed by atoms with Crippen molar-refractivity contribution in [1.29, 1.82) is 0 Å². The van der Waals surface area contributed by atoms with Gasteiger partial charge in [0, 0.05) is 37.2 Å². The number of imide groups is 1. The summed E-state index contributed by atoms with van der Waals surface area (Å²) in [5, 5.41) is 6.05. The number of nitrogens with one attached hydrogen (secondary N) is 2. The minimum Gasteiger partial charge on any atom is -0.381 e. The number of fused-ring (bicyclic) bond motifs is 3. The molecule has 160 valence electrons. The van der Waals surface area contributed by atoms with Crippen molar-refractivity contribution in [3.63, 3.8) is 0 Å². The minimum absolute atomic E-state index is 0.119. The number of carbonyl (C=O) groups is 3. The molecule has 30 heavy (non-hydrogen) atoms. The van der Waals surface area contributed by atoms with Crippen LogP contribution in [0.25, 0.3) is 0 Å². The maximum Gasteiger partial charge on any atom is 0.255 e. The molecule has 2 bridgehead atoms. The third kappa shape index (κ3) is 3.42. The highest BCUT2D eigenvalue weighted by Gasteiger charge is 2.42. The second kappa shape index (κ2) is 7.76. The van der Waals surface area contributed by atoms with Crippen LogP contribution in [-0.4, -0.2) is 54.0 Å². The van der Waals surface area contributed by atoms with Gasteiger partial charge >= 0.3 is 0 Å². The van der Waals surface area contributed by atoms with E-state index in [4.69, 9.17) is 10.5 Å². The largest absolute Gasteiger partial charge is 0.381 e. The fraction of sp³-hybridized carbons (Fsp3) is 0.591. The number of nitrogens with two attached hydrogens (primary N) is 1. The number of carbonyl (C=O) groups excluding carboxylic acids is 3. The molecule has 1 aliphatic carbocycles. The number of nitrogens with zero attached hydrogens (tertiary/aromatic N) is 1. The SMILES string of the molecule is NC1CC2COCC(C1)C2NCc1cccc2c1C(=O)N(C1CCC(=O)NC1=O)C2. The van der Waals surface area contributed by atoms with Gasteiger partial charge < -0.3 is 20.7 Å². The van der Waals surface area contributed by atoms with E-state index in [2.05, 4.69) is 10.6 Å². The molecule has 3 aliphatic heterocycles. The quantitative estimate of drug-likeness (QED) is 0.613. The lowest BCUT2D eigenvalue weighted by Gasteiger charge is -2.45. The highest BCUT2D eigenvalue weighted by Crippen LogP contribution is 2.34. The number of benzene rings is 1. The second-order valence-electron chi connectivity index (χ2n) is 9.05. The normalized spacial score (nSPS) is 33.4. The van der Waals surface area contributed by atoms with Gasteiger partial charge in [0.25, 0.3) is 5.91 Å². The van der Waals surface area contributed by atoms with Gasteiger partial charge in [0.2, 0.25) is 11.8 Å². The molecular formula is C22H28N4O4. The first kappa shape index (κ1) is 19.7. The van der Waals surface area contributed by atoms with Gasteiger partial charge in [-0.1, -0.05) is 18.2 Å². The van der Waals surface area contributed by atoms with E-state index in [9.17, 15) is 14.4 Å². The summed E-state index contributed by atoms with van der Waals surface area (Å²) in [5.74, 6) is 0.0384. The molecule has 0 aromatic heterocycles. The van der Waals surface area contributed by atoms with Crippen molar-refractivity contribution in [1.82, 2.24) is 15.5 Å². The molecule has 3 unspecified atom stereocenters. The van der Waals surface area contributed by atoms with E-state index in [0.29, 0.717) is 43.0 Å². The van der Waals surface area contributed by atoms with E-state index >= 15 is 0 Å². The molecule has 8 heteroatoms. The molecule has 3 heterocycles. The van der Waals surface area contributed by atoms with Crippen molar-refractivity contribution in [2.45, 2.75) is 56.9 Å². The van der Waals surface area contributed by atoms with Gasteiger partial charge in [-0.05, 0) is 42.2 Å². The number of piperidine rings is 1. The number of hydrogen-bond acceptors (Lipinski definition) is 6. The molecule has 4 aliphatic rings. The highest BCUT2D eigenvalue weighted by molar-refractivity contribution is 6.05. The van der Waals surface area contributed by atoms with Crippen molar-refractivity contribution in [3.8, 4) is 0 Å². The predicted molar refractivity (Wildman–Crippen MR) is 108 cm³/mol. The summed E-state index contributed by atoms with van der Waals surface area (Å²) in [4.78, 5) is 38.6. The smallest absolute Gasteiger partial charge is 0.255 e. The molecule has 8 nitrogen and oxygen atoms in total. The molecule has 4 N–H and O–H groups in total. The maximum absolute atomic E-state index is 13.2. The first-order valence-electron chi connectivity index (χ1n) is 10.8. The van der Waals surface area contributed by atoms with Crippen molar-refractivity contribution in [2.24, 2.45) is 17.6 Å². The predicted octanol–water partition coefficient (Wildman–Crippen LogP) is 0.290. The Morgan fingerprint density at radius 1 is 1.17 bits per heavy atom. The zero-order valence-electron chi connectivity index (χ0n) is 16.9. The topological polar surface area (TPSA) is 114 Å². The third-order valence-electron chi connectivity index (χ3n) is 7.06. The molecule has 3 amide bonds. The lowest BCUT2D eigenvalue weighted by Crippen LogP contribution is -2.55. The van der Waals surface area contributed by atoms with Crippen LogP contribution < -0.4 is 16.4 Å². The van der Waals surface area contributed by atoms with Crippen molar-refractivity contribution in [3.05, 3.63) is 34.9 Å². The first-order valence-corrected chi connectivity index (χ1v) is 10.8. The fourth-order valence-electron chi connectivity index (χ4n) is 5.66. The van der Waals surface area contributed by atoms with E-state index in [1.54, 1.807) is 4.90 Å². The van der Waals surface area contributed by atoms with E-state index in [0.717, 1.165) is 37.2 Å². The Morgan fingerprint density at radius 2 is 1.93 bits per heavy atom. The summed E-state index contributed by atoms with van der Waals surface area (Å²) < 4.78 is 5.74. The van der Waals surface area contributed by atoms with Crippen LogP contribution in [0.15, 0.2) is 18.2 Å². The maximum atomic E-state index is 13.2. The summed E-state index contributed by atoms with van der Waals surface area (Å²) in [7, 11) is 0. The Bertz CT molecular complexity index is 874. The molecule has 5 rings (SSSR count). The van der Waals surface area contributed by atoms with Crippen LogP contribution in [0.4, 0.5) is 0 Å². The van der Waals surface area contributed by atoms with Gasteiger partial charge in [-0.15, -0.1) is 0 Å². The molecule has 1 aromatic rings. The van der Waals surface area contributed by atoms with Gasteiger partial charge in [0.15, 0.2) is 0 Å². The molecule has 3 fully saturated rings. The van der Waals surface area contributed by atoms with E-state index in [1.165, 1.54) is 0 Å². The van der Waals surface area contributed by atoms with Crippen LogP contribution in [0.1, 0.15) is 47.2 Å². The van der Waals surface area contributed by atoms with Crippen LogP contribution in [0.5, 0.6) is 0 Å². The number of rotatable bonds is 4. The second-order valence-corrected chi connectivity index (χ2v) is 9.05.